The minimum atomic E-state index is -1.10. The summed E-state index contributed by atoms with van der Waals surface area (Å²) in [7, 11) is 1.27. The fourth-order valence-corrected chi connectivity index (χ4v) is 8.16. The number of nitrogens with two attached hydrogens (primary N) is 1. The first-order valence-corrected chi connectivity index (χ1v) is 20.3. The molecular weight excluding hydrogens is 777 g/mol. The van der Waals surface area contributed by atoms with E-state index >= 15 is 0 Å². The van der Waals surface area contributed by atoms with Crippen molar-refractivity contribution < 1.29 is 28.7 Å². The van der Waals surface area contributed by atoms with Gasteiger partial charge in [-0.1, -0.05) is 60.7 Å². The van der Waals surface area contributed by atoms with Crippen LogP contribution >= 0.6 is 0 Å². The molecule has 2 saturated heterocycles. The van der Waals surface area contributed by atoms with E-state index in [1.54, 1.807) is 52.8 Å². The summed E-state index contributed by atoms with van der Waals surface area (Å²) in [6, 6.07) is 25.7. The topological polar surface area (TPSA) is 214 Å². The SMILES string of the molecule is COC(=O)N[C@@H](Cc1ccccn1)C(=O)N1CCCC1c1ncc(-c2ccc(-c3ccc(-c4cnc([C@@H]5CCCN5C(=O)[C@H](Cc5ccccn5)OC(N)=O)[nH]4)cc3)cc2)[nH]1. The second kappa shape index (κ2) is 18.3. The van der Waals surface area contributed by atoms with Gasteiger partial charge in [0.05, 0.1) is 43.0 Å². The van der Waals surface area contributed by atoms with Gasteiger partial charge in [-0.3, -0.25) is 19.6 Å². The molecule has 2 fully saturated rings. The highest BCUT2D eigenvalue weighted by atomic mass is 16.6. The number of benzene rings is 2. The van der Waals surface area contributed by atoms with Crippen LogP contribution < -0.4 is 11.1 Å². The second-order valence-corrected chi connectivity index (χ2v) is 15.1. The van der Waals surface area contributed by atoms with Gasteiger partial charge in [0, 0.05) is 49.7 Å². The largest absolute Gasteiger partial charge is 0.453 e. The molecule has 16 heteroatoms. The number of carbonyl (C=O) groups excluding carboxylic acids is 4. The van der Waals surface area contributed by atoms with Gasteiger partial charge in [0.2, 0.25) is 5.91 Å². The molecule has 61 heavy (non-hydrogen) atoms. The molecule has 0 bridgehead atoms. The van der Waals surface area contributed by atoms with E-state index < -0.39 is 24.3 Å². The van der Waals surface area contributed by atoms with Gasteiger partial charge in [-0.2, -0.15) is 0 Å². The van der Waals surface area contributed by atoms with Crippen molar-refractivity contribution in [3.05, 3.63) is 133 Å². The van der Waals surface area contributed by atoms with Gasteiger partial charge in [0.15, 0.2) is 6.10 Å². The molecule has 6 heterocycles. The van der Waals surface area contributed by atoms with E-state index in [9.17, 15) is 19.2 Å². The number of ether oxygens (including phenoxy) is 2. The molecule has 0 saturated carbocycles. The van der Waals surface area contributed by atoms with Crippen LogP contribution in [0.1, 0.15) is 60.8 Å². The fraction of sp³-hybridized carbons (Fsp3) is 0.289. The molecule has 0 aliphatic carbocycles. The summed E-state index contributed by atoms with van der Waals surface area (Å²) in [4.78, 5) is 79.8. The molecule has 4 amide bonds. The van der Waals surface area contributed by atoms with Gasteiger partial charge < -0.3 is 40.3 Å². The van der Waals surface area contributed by atoms with Gasteiger partial charge in [-0.25, -0.2) is 19.6 Å². The zero-order chi connectivity index (χ0) is 42.3. The molecule has 2 aliphatic heterocycles. The normalized spacial score (nSPS) is 17.1. The Kier molecular flexibility index (Phi) is 12.1. The molecular formula is C45H46N10O6. The number of nitrogens with zero attached hydrogens (tertiary/aromatic N) is 6. The van der Waals surface area contributed by atoms with Crippen molar-refractivity contribution in [1.82, 2.24) is 45.0 Å². The standard InChI is InChI=1S/C45H46N10O6/c1-60-45(59)53-34(24-32-8-2-4-20-47-32)42(56)54-22-6-10-37(54)40-49-26-35(51-40)30-16-12-28(13-17-30)29-14-18-31(19-15-29)36-27-50-41(52-36)38-11-7-23-55(38)43(57)39(61-44(46)58)25-33-9-3-5-21-48-33/h2-5,8-9,12-21,26-27,34,37-39H,6-7,10-11,22-25H2,1H3,(H2,46,58)(H,49,51)(H,50,52)(H,53,59)/t34-,37?,38-,39-/m0/s1. The van der Waals surface area contributed by atoms with E-state index in [1.165, 1.54) is 7.11 Å². The number of nitrogens with one attached hydrogen (secondary N) is 3. The van der Waals surface area contributed by atoms with Crippen LogP contribution in [0.3, 0.4) is 0 Å². The first-order chi connectivity index (χ1) is 29.7. The van der Waals surface area contributed by atoms with Gasteiger partial charge in [0.25, 0.3) is 5.91 Å². The molecule has 2 aromatic carbocycles. The number of aromatic amines is 2. The molecule has 0 spiro atoms. The number of rotatable bonds is 13. The molecule has 1 unspecified atom stereocenters. The van der Waals surface area contributed by atoms with Crippen LogP contribution in [0.2, 0.25) is 0 Å². The zero-order valence-electron chi connectivity index (χ0n) is 33.6. The lowest BCUT2D eigenvalue weighted by atomic mass is 10.0. The average molecular weight is 823 g/mol. The predicted octanol–water partition coefficient (Wildman–Crippen LogP) is 5.92. The Labute approximate surface area is 351 Å². The van der Waals surface area contributed by atoms with Crippen LogP contribution in [0.15, 0.2) is 110 Å². The van der Waals surface area contributed by atoms with Crippen molar-refractivity contribution in [2.75, 3.05) is 20.2 Å². The van der Waals surface area contributed by atoms with Gasteiger partial charge in [-0.05, 0) is 72.2 Å². The van der Waals surface area contributed by atoms with Crippen molar-refractivity contribution in [2.45, 2.75) is 62.8 Å². The number of likely N-dealkylation sites (tertiary alicyclic amines) is 2. The summed E-state index contributed by atoms with van der Waals surface area (Å²) in [5.74, 6) is 0.794. The van der Waals surface area contributed by atoms with Crippen molar-refractivity contribution in [3.63, 3.8) is 0 Å². The molecule has 6 aromatic rings. The maximum Gasteiger partial charge on any atom is 0.407 e. The highest BCUT2D eigenvalue weighted by Gasteiger charge is 2.38. The Bertz CT molecular complexity index is 2460. The Morgan fingerprint density at radius 1 is 0.689 bits per heavy atom. The summed E-state index contributed by atoms with van der Waals surface area (Å²) >= 11 is 0. The Hall–Kier alpha value is -7.36. The van der Waals surface area contributed by atoms with Crippen molar-refractivity contribution in [3.8, 4) is 33.6 Å². The molecule has 8 rings (SSSR count). The molecule has 16 nitrogen and oxygen atoms in total. The smallest absolute Gasteiger partial charge is 0.407 e. The van der Waals surface area contributed by atoms with Crippen LogP contribution in [0, 0.1) is 0 Å². The van der Waals surface area contributed by atoms with Crippen molar-refractivity contribution in [1.29, 1.82) is 0 Å². The number of carbonyl (C=O) groups is 4. The number of hydrogen-bond donors (Lipinski definition) is 4. The first kappa shape index (κ1) is 40.4. The maximum absolute atomic E-state index is 13.9. The number of methoxy groups -OCH3 is 1. The molecule has 5 N–H and O–H groups in total. The summed E-state index contributed by atoms with van der Waals surface area (Å²) < 4.78 is 10.1. The zero-order valence-corrected chi connectivity index (χ0v) is 33.6. The van der Waals surface area contributed by atoms with E-state index in [0.29, 0.717) is 42.5 Å². The Morgan fingerprint density at radius 2 is 1.18 bits per heavy atom. The maximum atomic E-state index is 13.9. The average Bonchev–Trinajstić information content (AvgIpc) is 4.14. The molecule has 2 aliphatic rings. The van der Waals surface area contributed by atoms with Crippen LogP contribution in [0.5, 0.6) is 0 Å². The molecule has 4 aromatic heterocycles. The lowest BCUT2D eigenvalue weighted by Gasteiger charge is -2.28. The van der Waals surface area contributed by atoms with E-state index in [1.807, 2.05) is 42.5 Å². The number of primary amides is 1. The third-order valence-electron chi connectivity index (χ3n) is 11.2. The van der Waals surface area contributed by atoms with Gasteiger partial charge in [0.1, 0.15) is 17.7 Å². The minimum absolute atomic E-state index is 0.117. The third kappa shape index (κ3) is 9.28. The number of amides is 4. The number of hydrogen-bond acceptors (Lipinski definition) is 10. The number of H-pyrrole nitrogens is 2. The van der Waals surface area contributed by atoms with Gasteiger partial charge in [-0.15, -0.1) is 0 Å². The Morgan fingerprint density at radius 3 is 1.66 bits per heavy atom. The summed E-state index contributed by atoms with van der Waals surface area (Å²) in [6.07, 6.45) is 7.43. The minimum Gasteiger partial charge on any atom is -0.453 e. The molecule has 0 radical (unpaired) electrons. The van der Waals surface area contributed by atoms with E-state index in [4.69, 9.17) is 20.2 Å². The summed E-state index contributed by atoms with van der Waals surface area (Å²) in [5, 5.41) is 2.70. The van der Waals surface area contributed by atoms with Crippen LogP contribution in [-0.2, 0) is 31.9 Å². The van der Waals surface area contributed by atoms with E-state index in [0.717, 1.165) is 52.9 Å². The fourth-order valence-electron chi connectivity index (χ4n) is 8.16. The van der Waals surface area contributed by atoms with Gasteiger partial charge >= 0.3 is 12.2 Å². The number of imidazole rings is 2. The third-order valence-corrected chi connectivity index (χ3v) is 11.2. The first-order valence-electron chi connectivity index (χ1n) is 20.3. The molecule has 4 atom stereocenters. The van der Waals surface area contributed by atoms with Crippen LogP contribution in [0.4, 0.5) is 9.59 Å². The van der Waals surface area contributed by atoms with E-state index in [-0.39, 0.29) is 36.7 Å². The monoisotopic (exact) mass is 822 g/mol. The predicted molar refractivity (Wildman–Crippen MR) is 224 cm³/mol. The molecule has 312 valence electrons. The van der Waals surface area contributed by atoms with Crippen LogP contribution in [0.25, 0.3) is 33.6 Å². The van der Waals surface area contributed by atoms with Crippen molar-refractivity contribution in [2.24, 2.45) is 5.73 Å². The number of alkyl carbamates (subject to hydrolysis) is 1. The Balaban J connectivity index is 0.913. The number of aromatic nitrogens is 6. The van der Waals surface area contributed by atoms with Crippen molar-refractivity contribution >= 4 is 24.0 Å². The summed E-state index contributed by atoms with van der Waals surface area (Å²) in [5.41, 5.74) is 12.2. The lowest BCUT2D eigenvalue weighted by Crippen LogP contribution is -2.49. The highest BCUT2D eigenvalue weighted by Crippen LogP contribution is 2.35. The van der Waals surface area contributed by atoms with Crippen LogP contribution in [-0.4, -0.2) is 96.0 Å². The number of pyridine rings is 2. The van der Waals surface area contributed by atoms with E-state index in [2.05, 4.69) is 54.5 Å². The quantitative estimate of drug-likeness (QED) is 0.108. The second-order valence-electron chi connectivity index (χ2n) is 15.1. The summed E-state index contributed by atoms with van der Waals surface area (Å²) in [6.45, 7) is 1.04. The lowest BCUT2D eigenvalue weighted by molar-refractivity contribution is -0.141. The highest BCUT2D eigenvalue weighted by molar-refractivity contribution is 5.86.